The minimum atomic E-state index is -0.670. The summed E-state index contributed by atoms with van der Waals surface area (Å²) >= 11 is 0. The number of aromatic nitrogens is 3. The molecular weight excluding hydrogens is 523 g/mol. The second-order valence-corrected chi connectivity index (χ2v) is 9.42. The fourth-order valence-corrected chi connectivity index (χ4v) is 4.95. The summed E-state index contributed by atoms with van der Waals surface area (Å²) in [6.45, 7) is -0.296. The first-order valence-corrected chi connectivity index (χ1v) is 12.8. The predicted molar refractivity (Wildman–Crippen MR) is 150 cm³/mol. The van der Waals surface area contributed by atoms with Crippen LogP contribution in [0.1, 0.15) is 29.0 Å². The molecule has 2 heterocycles. The number of methoxy groups -OCH3 is 1. The highest BCUT2D eigenvalue weighted by atomic mass is 19.1. The first-order valence-electron chi connectivity index (χ1n) is 12.8. The van der Waals surface area contributed by atoms with Gasteiger partial charge in [-0.25, -0.2) is 9.87 Å². The summed E-state index contributed by atoms with van der Waals surface area (Å²) < 4.78 is 21.1. The Balaban J connectivity index is 1.56. The summed E-state index contributed by atoms with van der Waals surface area (Å²) in [6, 6.07) is 20.8. The molecule has 0 aliphatic carbocycles. The SMILES string of the molecule is COc1cc2ncc3c(c(-c4ccc(C#N)cc4)nn3C)c2cc1CCC(C(=O)NOCC#N)c1ccc(F)cc1. The smallest absolute Gasteiger partial charge is 0.251 e. The second-order valence-electron chi connectivity index (χ2n) is 9.42. The van der Waals surface area contributed by atoms with Crippen molar-refractivity contribution in [1.82, 2.24) is 20.2 Å². The van der Waals surface area contributed by atoms with Crippen LogP contribution in [0.4, 0.5) is 4.39 Å². The summed E-state index contributed by atoms with van der Waals surface area (Å²) in [7, 11) is 3.43. The maximum Gasteiger partial charge on any atom is 0.251 e. The third kappa shape index (κ3) is 5.55. The number of carbonyl (C=O) groups excluding carboxylic acids is 1. The minimum absolute atomic E-state index is 0.296. The zero-order valence-electron chi connectivity index (χ0n) is 22.4. The molecule has 1 atom stereocenters. The number of nitrogens with zero attached hydrogens (tertiary/aromatic N) is 5. The molecule has 41 heavy (non-hydrogen) atoms. The van der Waals surface area contributed by atoms with Crippen LogP contribution in [-0.4, -0.2) is 34.4 Å². The maximum atomic E-state index is 13.6. The van der Waals surface area contributed by atoms with Crippen LogP contribution < -0.4 is 10.2 Å². The van der Waals surface area contributed by atoms with Crippen molar-refractivity contribution in [3.8, 4) is 29.1 Å². The predicted octanol–water partition coefficient (Wildman–Crippen LogP) is 5.10. The van der Waals surface area contributed by atoms with Crippen LogP contribution in [0.25, 0.3) is 33.1 Å². The Morgan fingerprint density at radius 2 is 1.88 bits per heavy atom. The number of hydrogen-bond donors (Lipinski definition) is 1. The molecule has 3 aromatic carbocycles. The molecule has 0 radical (unpaired) electrons. The molecule has 0 saturated heterocycles. The quantitative estimate of drug-likeness (QED) is 0.201. The molecule has 0 aliphatic rings. The van der Waals surface area contributed by atoms with E-state index in [0.717, 1.165) is 38.6 Å². The fraction of sp³-hybridized carbons (Fsp3) is 0.194. The van der Waals surface area contributed by atoms with Gasteiger partial charge in [0.15, 0.2) is 6.61 Å². The zero-order valence-corrected chi connectivity index (χ0v) is 22.4. The zero-order chi connectivity index (χ0) is 28.9. The Hall–Kier alpha value is -5.32. The third-order valence-electron chi connectivity index (χ3n) is 6.97. The van der Waals surface area contributed by atoms with E-state index < -0.39 is 17.6 Å². The van der Waals surface area contributed by atoms with E-state index in [2.05, 4.69) is 16.5 Å². The average molecular weight is 549 g/mol. The van der Waals surface area contributed by atoms with Crippen LogP contribution in [0, 0.1) is 28.5 Å². The normalized spacial score (nSPS) is 11.6. The molecule has 10 heteroatoms. The molecule has 204 valence electrons. The van der Waals surface area contributed by atoms with Gasteiger partial charge in [-0.3, -0.25) is 19.3 Å². The van der Waals surface area contributed by atoms with Crippen LogP contribution in [0.3, 0.4) is 0 Å². The molecule has 5 aromatic rings. The summed E-state index contributed by atoms with van der Waals surface area (Å²) in [4.78, 5) is 22.6. The Morgan fingerprint density at radius 1 is 1.12 bits per heavy atom. The molecule has 1 unspecified atom stereocenters. The van der Waals surface area contributed by atoms with E-state index >= 15 is 0 Å². The lowest BCUT2D eigenvalue weighted by Crippen LogP contribution is -2.30. The molecule has 0 aliphatic heterocycles. The van der Waals surface area contributed by atoms with Crippen molar-refractivity contribution in [3.05, 3.63) is 89.4 Å². The van der Waals surface area contributed by atoms with Gasteiger partial charge in [-0.1, -0.05) is 24.3 Å². The standard InChI is InChI=1S/C31H25FN6O3/c1-38-27-18-35-26-16-28(40-2)22(15-25(26)29(27)30(36-38)21-5-3-19(17-34)4-6-21)9-12-24(31(39)37-41-14-13-33)20-7-10-23(32)11-8-20/h3-8,10-11,15-16,18,24H,9,12,14H2,1-2H3,(H,37,39). The van der Waals surface area contributed by atoms with Crippen molar-refractivity contribution < 1.29 is 18.8 Å². The number of fused-ring (bicyclic) bond motifs is 3. The first-order chi connectivity index (χ1) is 19.9. The van der Waals surface area contributed by atoms with E-state index in [1.807, 2.05) is 37.4 Å². The number of rotatable bonds is 9. The molecule has 1 N–H and O–H groups in total. The van der Waals surface area contributed by atoms with Crippen molar-refractivity contribution in [2.24, 2.45) is 7.05 Å². The second kappa shape index (κ2) is 11.8. The van der Waals surface area contributed by atoms with Crippen LogP contribution >= 0.6 is 0 Å². The van der Waals surface area contributed by atoms with Gasteiger partial charge < -0.3 is 4.74 Å². The topological polar surface area (TPSA) is 126 Å². The lowest BCUT2D eigenvalue weighted by Gasteiger charge is -2.18. The minimum Gasteiger partial charge on any atom is -0.496 e. The summed E-state index contributed by atoms with van der Waals surface area (Å²) in [5.74, 6) is -0.898. The van der Waals surface area contributed by atoms with Gasteiger partial charge in [-0.15, -0.1) is 0 Å². The fourth-order valence-electron chi connectivity index (χ4n) is 4.95. The Bertz CT molecular complexity index is 1820. The van der Waals surface area contributed by atoms with Gasteiger partial charge in [0.05, 0.1) is 48.0 Å². The number of hydrogen-bond acceptors (Lipinski definition) is 7. The molecule has 2 aromatic heterocycles. The Kier molecular flexibility index (Phi) is 7.86. The van der Waals surface area contributed by atoms with Crippen LogP contribution in [0.5, 0.6) is 5.75 Å². The maximum absolute atomic E-state index is 13.6. The van der Waals surface area contributed by atoms with Gasteiger partial charge >= 0.3 is 0 Å². The number of benzene rings is 3. The van der Waals surface area contributed by atoms with Crippen LogP contribution in [0.15, 0.2) is 66.9 Å². The molecule has 1 amide bonds. The lowest BCUT2D eigenvalue weighted by atomic mass is 9.90. The number of ether oxygens (including phenoxy) is 1. The molecule has 0 spiro atoms. The summed E-state index contributed by atoms with van der Waals surface area (Å²) in [6.07, 6.45) is 2.57. The number of halogens is 1. The number of aryl methyl sites for hydroxylation is 2. The molecule has 5 rings (SSSR count). The highest BCUT2D eigenvalue weighted by Crippen LogP contribution is 2.36. The average Bonchev–Trinajstić information content (AvgIpc) is 3.34. The Labute approximate surface area is 235 Å². The van der Waals surface area contributed by atoms with Crippen molar-refractivity contribution in [2.75, 3.05) is 13.7 Å². The molecule has 9 nitrogen and oxygen atoms in total. The number of carbonyl (C=O) groups is 1. The van der Waals surface area contributed by atoms with Gasteiger partial charge in [0.2, 0.25) is 0 Å². The summed E-state index contributed by atoms with van der Waals surface area (Å²) in [5.41, 5.74) is 7.53. The lowest BCUT2D eigenvalue weighted by molar-refractivity contribution is -0.134. The number of amides is 1. The van der Waals surface area contributed by atoms with Gasteiger partial charge in [0.25, 0.3) is 5.91 Å². The largest absolute Gasteiger partial charge is 0.496 e. The molecule has 0 saturated carbocycles. The highest BCUT2D eigenvalue weighted by Gasteiger charge is 2.23. The Morgan fingerprint density at radius 3 is 2.56 bits per heavy atom. The van der Waals surface area contributed by atoms with E-state index in [9.17, 15) is 14.4 Å². The number of hydroxylamine groups is 1. The van der Waals surface area contributed by atoms with E-state index in [1.54, 1.807) is 42.3 Å². The molecule has 0 fully saturated rings. The number of nitriles is 2. The molecule has 0 bridgehead atoms. The van der Waals surface area contributed by atoms with Gasteiger partial charge in [0, 0.05) is 29.4 Å². The molecular formula is C31H25FN6O3. The van der Waals surface area contributed by atoms with Crippen molar-refractivity contribution >= 4 is 27.7 Å². The van der Waals surface area contributed by atoms with Crippen LogP contribution in [0.2, 0.25) is 0 Å². The first kappa shape index (κ1) is 27.3. The van der Waals surface area contributed by atoms with Crippen molar-refractivity contribution in [3.63, 3.8) is 0 Å². The van der Waals surface area contributed by atoms with Gasteiger partial charge in [0.1, 0.15) is 17.3 Å². The van der Waals surface area contributed by atoms with E-state index in [1.165, 1.54) is 12.1 Å². The third-order valence-corrected chi connectivity index (χ3v) is 6.97. The van der Waals surface area contributed by atoms with Crippen LogP contribution in [-0.2, 0) is 23.1 Å². The summed E-state index contributed by atoms with van der Waals surface area (Å²) in [5, 5.41) is 24.5. The van der Waals surface area contributed by atoms with Gasteiger partial charge in [-0.05, 0) is 54.3 Å². The highest BCUT2D eigenvalue weighted by molar-refractivity contribution is 6.11. The monoisotopic (exact) mass is 548 g/mol. The van der Waals surface area contributed by atoms with E-state index in [4.69, 9.17) is 19.9 Å². The van der Waals surface area contributed by atoms with Gasteiger partial charge in [-0.2, -0.15) is 15.6 Å². The van der Waals surface area contributed by atoms with E-state index in [0.29, 0.717) is 29.7 Å². The van der Waals surface area contributed by atoms with Crippen molar-refractivity contribution in [1.29, 1.82) is 10.5 Å². The van der Waals surface area contributed by atoms with E-state index in [-0.39, 0.29) is 6.61 Å². The van der Waals surface area contributed by atoms with Crippen molar-refractivity contribution in [2.45, 2.75) is 18.8 Å². The number of pyridine rings is 1. The number of nitrogens with one attached hydrogen (secondary N) is 1.